The smallest absolute Gasteiger partial charge is 0.341 e. The van der Waals surface area contributed by atoms with E-state index >= 15 is 0 Å². The number of carboxylic acid groups (broad SMARTS) is 1. The number of hydrogen-bond acceptors (Lipinski definition) is 3. The topological polar surface area (TPSA) is 67.5 Å². The van der Waals surface area contributed by atoms with Gasteiger partial charge in [-0.3, -0.25) is 0 Å². The number of carboxylic acids is 1. The molecule has 1 N–H and O–H groups in total. The Morgan fingerprint density at radius 2 is 1.80 bits per heavy atom. The lowest BCUT2D eigenvalue weighted by atomic mass is 9.49. The predicted octanol–water partition coefficient (Wildman–Crippen LogP) is 3.83. The number of hydrogen-bond donors (Lipinski definition) is 1. The molecule has 132 valence electrons. The molecule has 2 aromatic rings. The Hall–Kier alpha value is -2.05. The molecule has 2 aromatic heterocycles. The van der Waals surface area contributed by atoms with Crippen LogP contribution in [0.2, 0.25) is 0 Å². The van der Waals surface area contributed by atoms with E-state index < -0.39 is 12.4 Å². The van der Waals surface area contributed by atoms with E-state index in [-0.39, 0.29) is 22.3 Å². The molecule has 0 radical (unpaired) electrons. The average Bonchev–Trinajstić information content (AvgIpc) is 2.96. The second-order valence-corrected chi connectivity index (χ2v) is 8.16. The number of aromatic carboxylic acids is 1. The fourth-order valence-electron chi connectivity index (χ4n) is 5.99. The van der Waals surface area contributed by atoms with Crippen molar-refractivity contribution in [3.05, 3.63) is 29.2 Å². The normalized spacial score (nSPS) is 33.5. The molecule has 0 aromatic carbocycles. The zero-order valence-electron chi connectivity index (χ0n) is 13.7. The van der Waals surface area contributed by atoms with Crippen LogP contribution in [0.4, 0.5) is 8.78 Å². The summed E-state index contributed by atoms with van der Waals surface area (Å²) in [6.07, 6.45) is 5.09. The van der Waals surface area contributed by atoms with Crippen molar-refractivity contribution in [2.75, 3.05) is 0 Å². The molecule has 6 rings (SSSR count). The Labute approximate surface area is 143 Å². The second kappa shape index (κ2) is 4.99. The Morgan fingerprint density at radius 1 is 1.20 bits per heavy atom. The van der Waals surface area contributed by atoms with Crippen LogP contribution in [-0.4, -0.2) is 25.7 Å². The van der Waals surface area contributed by atoms with E-state index in [1.54, 1.807) is 0 Å². The number of rotatable bonds is 3. The van der Waals surface area contributed by atoms with Crippen LogP contribution in [0.1, 0.15) is 66.7 Å². The second-order valence-electron chi connectivity index (χ2n) is 8.16. The van der Waals surface area contributed by atoms with Crippen LogP contribution in [0, 0.1) is 17.8 Å². The first-order valence-electron chi connectivity index (χ1n) is 8.86. The highest BCUT2D eigenvalue weighted by Gasteiger charge is 2.52. The van der Waals surface area contributed by atoms with Crippen molar-refractivity contribution >= 4 is 11.6 Å². The lowest BCUT2D eigenvalue weighted by Crippen LogP contribution is -2.49. The molecule has 4 saturated carbocycles. The fraction of sp³-hybridized carbons (Fsp3) is 0.611. The summed E-state index contributed by atoms with van der Waals surface area (Å²) in [5.74, 6) is 0.778. The van der Waals surface area contributed by atoms with Gasteiger partial charge < -0.3 is 5.11 Å². The maximum Gasteiger partial charge on any atom is 0.341 e. The Morgan fingerprint density at radius 3 is 2.32 bits per heavy atom. The fourth-order valence-corrected chi connectivity index (χ4v) is 5.99. The molecular weight excluding hydrogens is 328 g/mol. The first kappa shape index (κ1) is 15.2. The molecule has 4 bridgehead atoms. The van der Waals surface area contributed by atoms with E-state index in [9.17, 15) is 18.7 Å². The van der Waals surface area contributed by atoms with Crippen molar-refractivity contribution < 1.29 is 18.7 Å². The minimum absolute atomic E-state index is 0.0380. The van der Waals surface area contributed by atoms with Crippen molar-refractivity contribution in [1.29, 1.82) is 0 Å². The number of halogens is 2. The van der Waals surface area contributed by atoms with Gasteiger partial charge >= 0.3 is 5.97 Å². The van der Waals surface area contributed by atoms with Crippen LogP contribution in [0.25, 0.3) is 5.65 Å². The Balaban J connectivity index is 1.71. The standard InChI is InChI=1S/C18H19F2N3O2/c19-15(20)13-4-14(22-16-12(17(24)25)8-21-23(13)16)18-5-9-1-10(6-18)3-11(2-9)7-18/h4,8-11,15H,1-3,5-7H2,(H,24,25). The van der Waals surface area contributed by atoms with Gasteiger partial charge in [-0.1, -0.05) is 0 Å². The SMILES string of the molecule is O=C(O)c1cnn2c(C(F)F)cc(C34CC5CC(CC(C5)C3)C4)nc12. The van der Waals surface area contributed by atoms with Crippen molar-refractivity contribution in [1.82, 2.24) is 14.6 Å². The quantitative estimate of drug-likeness (QED) is 0.916. The maximum atomic E-state index is 13.6. The molecule has 7 heteroatoms. The van der Waals surface area contributed by atoms with Gasteiger partial charge in [0.15, 0.2) is 5.65 Å². The zero-order valence-corrected chi connectivity index (χ0v) is 13.7. The largest absolute Gasteiger partial charge is 0.477 e. The molecule has 5 nitrogen and oxygen atoms in total. The van der Waals surface area contributed by atoms with Crippen molar-refractivity contribution in [3.8, 4) is 0 Å². The molecule has 0 atom stereocenters. The summed E-state index contributed by atoms with van der Waals surface area (Å²) in [4.78, 5) is 16.0. The number of alkyl halides is 2. The van der Waals surface area contributed by atoms with Crippen LogP contribution in [0.15, 0.2) is 12.3 Å². The molecule has 0 spiro atoms. The molecule has 0 saturated heterocycles. The third-order valence-electron chi connectivity index (χ3n) is 6.53. The van der Waals surface area contributed by atoms with E-state index in [4.69, 9.17) is 0 Å². The summed E-state index contributed by atoms with van der Waals surface area (Å²) in [5.41, 5.74) is 0.144. The van der Waals surface area contributed by atoms with E-state index in [0.29, 0.717) is 23.4 Å². The summed E-state index contributed by atoms with van der Waals surface area (Å²) in [6, 6.07) is 1.48. The van der Waals surface area contributed by atoms with Crippen molar-refractivity contribution in [2.24, 2.45) is 17.8 Å². The third kappa shape index (κ3) is 2.14. The van der Waals surface area contributed by atoms with Crippen LogP contribution in [0.5, 0.6) is 0 Å². The molecule has 0 aliphatic heterocycles. The van der Waals surface area contributed by atoms with Gasteiger partial charge in [-0.2, -0.15) is 5.10 Å². The molecule has 0 amide bonds. The molecule has 4 aliphatic carbocycles. The van der Waals surface area contributed by atoms with Crippen molar-refractivity contribution in [3.63, 3.8) is 0 Å². The minimum atomic E-state index is -2.72. The molecule has 2 heterocycles. The lowest BCUT2D eigenvalue weighted by molar-refractivity contribution is -0.00734. The van der Waals surface area contributed by atoms with Gasteiger partial charge in [0.1, 0.15) is 11.3 Å². The summed E-state index contributed by atoms with van der Waals surface area (Å²) >= 11 is 0. The first-order valence-corrected chi connectivity index (χ1v) is 8.86. The monoisotopic (exact) mass is 347 g/mol. The highest BCUT2D eigenvalue weighted by molar-refractivity contribution is 5.94. The minimum Gasteiger partial charge on any atom is -0.477 e. The number of aromatic nitrogens is 3. The van der Waals surface area contributed by atoms with E-state index in [1.165, 1.54) is 25.3 Å². The van der Waals surface area contributed by atoms with Crippen molar-refractivity contribution in [2.45, 2.75) is 50.4 Å². The zero-order chi connectivity index (χ0) is 17.3. The Bertz CT molecular complexity index is 841. The van der Waals surface area contributed by atoms with Gasteiger partial charge in [0.2, 0.25) is 0 Å². The van der Waals surface area contributed by atoms with Gasteiger partial charge in [0, 0.05) is 5.41 Å². The number of nitrogens with zero attached hydrogens (tertiary/aromatic N) is 3. The Kier molecular flexibility index (Phi) is 3.04. The predicted molar refractivity (Wildman–Crippen MR) is 84.8 cm³/mol. The van der Waals surface area contributed by atoms with E-state index in [0.717, 1.165) is 30.0 Å². The highest BCUT2D eigenvalue weighted by Crippen LogP contribution is 2.60. The average molecular weight is 347 g/mol. The van der Waals surface area contributed by atoms with E-state index in [2.05, 4.69) is 10.1 Å². The van der Waals surface area contributed by atoms with Gasteiger partial charge in [0.25, 0.3) is 6.43 Å². The van der Waals surface area contributed by atoms with Crippen LogP contribution < -0.4 is 0 Å². The number of carbonyl (C=O) groups is 1. The summed E-state index contributed by atoms with van der Waals surface area (Å²) in [5, 5.41) is 13.2. The first-order chi connectivity index (χ1) is 11.9. The summed E-state index contributed by atoms with van der Waals surface area (Å²) < 4.78 is 28.2. The molecule has 4 aliphatic rings. The molecule has 25 heavy (non-hydrogen) atoms. The summed E-state index contributed by atoms with van der Waals surface area (Å²) in [6.45, 7) is 0. The van der Waals surface area contributed by atoms with Gasteiger partial charge in [-0.05, 0) is 62.3 Å². The van der Waals surface area contributed by atoms with Crippen LogP contribution in [-0.2, 0) is 5.41 Å². The van der Waals surface area contributed by atoms with E-state index in [1.807, 2.05) is 0 Å². The van der Waals surface area contributed by atoms with Gasteiger partial charge in [-0.15, -0.1) is 0 Å². The molecular formula is C18H19F2N3O2. The highest BCUT2D eigenvalue weighted by atomic mass is 19.3. The molecule has 4 fully saturated rings. The maximum absolute atomic E-state index is 13.6. The van der Waals surface area contributed by atoms with Crippen LogP contribution >= 0.6 is 0 Å². The summed E-state index contributed by atoms with van der Waals surface area (Å²) in [7, 11) is 0. The van der Waals surface area contributed by atoms with Gasteiger partial charge in [0.05, 0.1) is 11.9 Å². The third-order valence-corrected chi connectivity index (χ3v) is 6.53. The lowest BCUT2D eigenvalue weighted by Gasteiger charge is -2.56. The number of fused-ring (bicyclic) bond motifs is 1. The van der Waals surface area contributed by atoms with Gasteiger partial charge in [-0.25, -0.2) is 23.1 Å². The van der Waals surface area contributed by atoms with Crippen LogP contribution in [0.3, 0.4) is 0 Å². The molecule has 0 unspecified atom stereocenters.